The van der Waals surface area contributed by atoms with E-state index in [0.29, 0.717) is 92.1 Å². The number of hydrogen-bond acceptors (Lipinski definition) is 8. The molecule has 1 fully saturated rings. The van der Waals surface area contributed by atoms with Crippen LogP contribution in [0, 0.1) is 0 Å². The van der Waals surface area contributed by atoms with E-state index in [1.54, 1.807) is 12.1 Å². The highest BCUT2D eigenvalue weighted by molar-refractivity contribution is 5.66. The van der Waals surface area contributed by atoms with Crippen LogP contribution in [0.3, 0.4) is 0 Å². The Labute approximate surface area is 272 Å². The maximum absolute atomic E-state index is 10.6. The molecule has 0 amide bonds. The molecule has 4 aromatic rings. The summed E-state index contributed by atoms with van der Waals surface area (Å²) in [6.45, 7) is 8.20. The quantitative estimate of drug-likeness (QED) is 0.277. The molecule has 1 heterocycles. The number of aromatic hydroxyl groups is 2. The zero-order valence-electron chi connectivity index (χ0n) is 26.6. The maximum Gasteiger partial charge on any atom is 0.120 e. The molecule has 8 heteroatoms. The Morgan fingerprint density at radius 1 is 0.413 bits per heavy atom. The van der Waals surface area contributed by atoms with E-state index in [1.165, 1.54) is 0 Å². The van der Waals surface area contributed by atoms with Crippen molar-refractivity contribution < 1.29 is 29.2 Å². The lowest BCUT2D eigenvalue weighted by Gasteiger charge is -2.24. The summed E-state index contributed by atoms with van der Waals surface area (Å²) in [5.74, 6) is 0.576. The molecule has 46 heavy (non-hydrogen) atoms. The molecule has 0 bridgehead atoms. The molecule has 1 saturated heterocycles. The van der Waals surface area contributed by atoms with Crippen LogP contribution in [0.25, 0.3) is 22.3 Å². The normalized spacial score (nSPS) is 17.2. The molecule has 5 rings (SSSR count). The van der Waals surface area contributed by atoms with E-state index in [-0.39, 0.29) is 11.5 Å². The van der Waals surface area contributed by atoms with Gasteiger partial charge in [-0.25, -0.2) is 0 Å². The van der Waals surface area contributed by atoms with Gasteiger partial charge in [0.1, 0.15) is 11.5 Å². The van der Waals surface area contributed by atoms with E-state index < -0.39 is 0 Å². The third kappa shape index (κ3) is 10.7. The monoisotopic (exact) mass is 626 g/mol. The van der Waals surface area contributed by atoms with Crippen LogP contribution in [0.5, 0.6) is 11.5 Å². The van der Waals surface area contributed by atoms with Gasteiger partial charge in [0, 0.05) is 50.4 Å². The average Bonchev–Trinajstić information content (AvgIpc) is 3.09. The van der Waals surface area contributed by atoms with Crippen LogP contribution in [0.15, 0.2) is 97.1 Å². The van der Waals surface area contributed by atoms with Gasteiger partial charge in [0.25, 0.3) is 0 Å². The molecular weight excluding hydrogens is 580 g/mol. The van der Waals surface area contributed by atoms with E-state index in [0.717, 1.165) is 33.4 Å². The van der Waals surface area contributed by atoms with Crippen molar-refractivity contribution in [2.24, 2.45) is 0 Å². The first-order valence-corrected chi connectivity index (χ1v) is 16.2. The molecular formula is C38H46N2O6. The molecule has 0 aromatic heterocycles. The van der Waals surface area contributed by atoms with Crippen LogP contribution in [0.1, 0.15) is 11.1 Å². The van der Waals surface area contributed by atoms with Gasteiger partial charge in [-0.1, -0.05) is 72.8 Å². The summed E-state index contributed by atoms with van der Waals surface area (Å²) in [5.41, 5.74) is 6.14. The van der Waals surface area contributed by atoms with Crippen molar-refractivity contribution in [3.8, 4) is 33.8 Å². The lowest BCUT2D eigenvalue weighted by molar-refractivity contribution is 0.00612. The fraction of sp³-hybridized carbons (Fsp3) is 0.368. The number of benzene rings is 4. The highest BCUT2D eigenvalue weighted by Gasteiger charge is 2.13. The second-order valence-corrected chi connectivity index (χ2v) is 11.4. The minimum absolute atomic E-state index is 0.288. The van der Waals surface area contributed by atoms with Crippen LogP contribution in [0.4, 0.5) is 0 Å². The lowest BCUT2D eigenvalue weighted by atomic mass is 10.0. The fourth-order valence-electron chi connectivity index (χ4n) is 5.48. The number of phenols is 2. The highest BCUT2D eigenvalue weighted by Crippen LogP contribution is 2.28. The molecule has 0 atom stereocenters. The van der Waals surface area contributed by atoms with Gasteiger partial charge >= 0.3 is 0 Å². The SMILES string of the molecule is Oc1ccc(-c2ccccc2)cc1CN1CCOCCOCCN(Cc2cc(-c3ccccc3)ccc2O)CCOCCOCC1. The Balaban J connectivity index is 1.13. The number of phenolic OH excluding ortho intramolecular Hbond substituents is 2. The zero-order chi connectivity index (χ0) is 31.8. The van der Waals surface area contributed by atoms with Crippen LogP contribution in [-0.2, 0) is 32.0 Å². The van der Waals surface area contributed by atoms with Gasteiger partial charge in [0.2, 0.25) is 0 Å². The molecule has 244 valence electrons. The largest absolute Gasteiger partial charge is 0.508 e. The van der Waals surface area contributed by atoms with Crippen LogP contribution in [0.2, 0.25) is 0 Å². The van der Waals surface area contributed by atoms with Crippen LogP contribution in [-0.4, -0.2) is 99.0 Å². The second-order valence-electron chi connectivity index (χ2n) is 11.4. The third-order valence-electron chi connectivity index (χ3n) is 8.11. The van der Waals surface area contributed by atoms with E-state index in [1.807, 2.05) is 48.5 Å². The Hall–Kier alpha value is -3.76. The molecule has 8 nitrogen and oxygen atoms in total. The standard InChI is InChI=1S/C38H46N2O6/c41-37-13-11-33(31-7-3-1-4-8-31)27-35(37)29-39-15-19-43-23-25-45-21-17-40(18-22-46-26-24-44-20-16-39)30-36-28-34(12-14-38(36)42)32-9-5-2-6-10-32/h1-14,27-28,41-42H,15-26,29-30H2. The first-order chi connectivity index (χ1) is 22.7. The van der Waals surface area contributed by atoms with E-state index >= 15 is 0 Å². The van der Waals surface area contributed by atoms with Gasteiger partial charge in [-0.2, -0.15) is 0 Å². The molecule has 2 N–H and O–H groups in total. The summed E-state index contributed by atoms with van der Waals surface area (Å²) in [6.07, 6.45) is 0. The van der Waals surface area contributed by atoms with Gasteiger partial charge in [0.05, 0.1) is 52.9 Å². The number of ether oxygens (including phenoxy) is 4. The molecule has 0 radical (unpaired) electrons. The number of rotatable bonds is 6. The predicted octanol–water partition coefficient (Wildman–Crippen LogP) is 5.82. The Morgan fingerprint density at radius 2 is 0.761 bits per heavy atom. The fourth-order valence-corrected chi connectivity index (χ4v) is 5.48. The van der Waals surface area contributed by atoms with Gasteiger partial charge in [0.15, 0.2) is 0 Å². The van der Waals surface area contributed by atoms with Crippen molar-refractivity contribution in [1.29, 1.82) is 0 Å². The van der Waals surface area contributed by atoms with Crippen molar-refractivity contribution in [1.82, 2.24) is 9.80 Å². The topological polar surface area (TPSA) is 83.9 Å². The number of nitrogens with zero attached hydrogens (tertiary/aromatic N) is 2. The number of hydrogen-bond donors (Lipinski definition) is 2. The van der Waals surface area contributed by atoms with Crippen molar-refractivity contribution in [2.75, 3.05) is 79.0 Å². The van der Waals surface area contributed by atoms with Crippen molar-refractivity contribution >= 4 is 0 Å². The van der Waals surface area contributed by atoms with Gasteiger partial charge in [-0.3, -0.25) is 9.80 Å². The van der Waals surface area contributed by atoms with Crippen molar-refractivity contribution in [3.05, 3.63) is 108 Å². The highest BCUT2D eigenvalue weighted by atomic mass is 16.5. The first kappa shape index (κ1) is 33.6. The summed E-state index contributed by atoms with van der Waals surface area (Å²) in [6, 6.07) is 32.0. The van der Waals surface area contributed by atoms with E-state index in [2.05, 4.69) is 46.2 Å². The van der Waals surface area contributed by atoms with Gasteiger partial charge < -0.3 is 29.2 Å². The molecule has 4 aromatic carbocycles. The maximum atomic E-state index is 10.6. The van der Waals surface area contributed by atoms with E-state index in [9.17, 15) is 10.2 Å². The third-order valence-corrected chi connectivity index (χ3v) is 8.11. The lowest BCUT2D eigenvalue weighted by Crippen LogP contribution is -2.32. The Kier molecular flexibility index (Phi) is 13.4. The summed E-state index contributed by atoms with van der Waals surface area (Å²) in [4.78, 5) is 4.49. The molecule has 1 aliphatic rings. The molecule has 1 aliphatic heterocycles. The molecule has 0 aliphatic carbocycles. The minimum Gasteiger partial charge on any atom is -0.508 e. The average molecular weight is 627 g/mol. The van der Waals surface area contributed by atoms with Crippen molar-refractivity contribution in [3.63, 3.8) is 0 Å². The minimum atomic E-state index is 0.288. The Bertz CT molecular complexity index is 1320. The van der Waals surface area contributed by atoms with Crippen molar-refractivity contribution in [2.45, 2.75) is 13.1 Å². The Morgan fingerprint density at radius 3 is 1.11 bits per heavy atom. The molecule has 0 saturated carbocycles. The van der Waals surface area contributed by atoms with Crippen LogP contribution >= 0.6 is 0 Å². The summed E-state index contributed by atoms with van der Waals surface area (Å²) >= 11 is 0. The summed E-state index contributed by atoms with van der Waals surface area (Å²) in [5, 5.41) is 21.3. The van der Waals surface area contributed by atoms with Crippen LogP contribution < -0.4 is 0 Å². The second kappa shape index (κ2) is 18.4. The smallest absolute Gasteiger partial charge is 0.120 e. The first-order valence-electron chi connectivity index (χ1n) is 16.2. The zero-order valence-corrected chi connectivity index (χ0v) is 26.6. The predicted molar refractivity (Wildman–Crippen MR) is 181 cm³/mol. The van der Waals surface area contributed by atoms with Gasteiger partial charge in [-0.05, 0) is 46.5 Å². The van der Waals surface area contributed by atoms with E-state index in [4.69, 9.17) is 18.9 Å². The summed E-state index contributed by atoms with van der Waals surface area (Å²) < 4.78 is 23.7. The molecule has 0 spiro atoms. The van der Waals surface area contributed by atoms with Gasteiger partial charge in [-0.15, -0.1) is 0 Å². The molecule has 0 unspecified atom stereocenters. The summed E-state index contributed by atoms with van der Waals surface area (Å²) in [7, 11) is 0.